The summed E-state index contributed by atoms with van der Waals surface area (Å²) in [6.45, 7) is 2.04. The van der Waals surface area contributed by atoms with Crippen molar-refractivity contribution in [2.75, 3.05) is 11.9 Å². The van der Waals surface area contributed by atoms with Gasteiger partial charge in [0.2, 0.25) is 0 Å². The Morgan fingerprint density at radius 3 is 3.00 bits per heavy atom. The third-order valence-electron chi connectivity index (χ3n) is 3.30. The lowest BCUT2D eigenvalue weighted by Gasteiger charge is -2.09. The minimum atomic E-state index is -0.514. The Labute approximate surface area is 135 Å². The fraction of sp³-hybridized carbons (Fsp3) is 0.200. The summed E-state index contributed by atoms with van der Waals surface area (Å²) in [4.78, 5) is 19.8. The molecule has 3 aromatic rings. The van der Waals surface area contributed by atoms with Crippen molar-refractivity contribution in [3.63, 3.8) is 0 Å². The van der Waals surface area contributed by atoms with E-state index < -0.39 is 11.0 Å². The van der Waals surface area contributed by atoms with Crippen LogP contribution in [-0.4, -0.2) is 32.6 Å². The lowest BCUT2D eigenvalue weighted by molar-refractivity contribution is -0.384. The Morgan fingerprint density at radius 1 is 1.43 bits per heavy atom. The topological polar surface area (TPSA) is 101 Å². The van der Waals surface area contributed by atoms with Gasteiger partial charge >= 0.3 is 0 Å². The first kappa shape index (κ1) is 15.3. The molecule has 2 aromatic heterocycles. The molecule has 0 spiro atoms. The van der Waals surface area contributed by atoms with E-state index in [9.17, 15) is 15.2 Å². The molecule has 0 aliphatic carbocycles. The molecule has 0 amide bonds. The predicted octanol–water partition coefficient (Wildman–Crippen LogP) is 3.06. The zero-order valence-electron chi connectivity index (χ0n) is 12.3. The van der Waals surface area contributed by atoms with Crippen LogP contribution in [0.2, 0.25) is 0 Å². The van der Waals surface area contributed by atoms with Gasteiger partial charge in [-0.15, -0.1) is 11.3 Å². The molecule has 1 aromatic carbocycles. The normalized spacial score (nSPS) is 12.3. The molecule has 7 nitrogen and oxygen atoms in total. The molecule has 0 saturated heterocycles. The molecule has 0 radical (unpaired) electrons. The average molecular weight is 330 g/mol. The van der Waals surface area contributed by atoms with Gasteiger partial charge in [0.15, 0.2) is 0 Å². The molecule has 0 bridgehead atoms. The zero-order chi connectivity index (χ0) is 16.4. The van der Waals surface area contributed by atoms with E-state index in [4.69, 9.17) is 0 Å². The number of aromatic nitrogens is 2. The van der Waals surface area contributed by atoms with Gasteiger partial charge in [-0.1, -0.05) is 12.1 Å². The van der Waals surface area contributed by atoms with E-state index in [-0.39, 0.29) is 5.69 Å². The van der Waals surface area contributed by atoms with Gasteiger partial charge in [0.1, 0.15) is 17.0 Å². The summed E-state index contributed by atoms with van der Waals surface area (Å²) >= 11 is 1.45. The molecule has 0 aliphatic heterocycles. The van der Waals surface area contributed by atoms with Crippen molar-refractivity contribution in [1.29, 1.82) is 0 Å². The van der Waals surface area contributed by atoms with Crippen LogP contribution in [-0.2, 0) is 0 Å². The van der Waals surface area contributed by atoms with Crippen molar-refractivity contribution < 1.29 is 10.0 Å². The monoisotopic (exact) mass is 330 g/mol. The van der Waals surface area contributed by atoms with E-state index >= 15 is 0 Å². The fourth-order valence-electron chi connectivity index (χ4n) is 2.25. The maximum atomic E-state index is 11.0. The van der Waals surface area contributed by atoms with Gasteiger partial charge in [-0.3, -0.25) is 10.1 Å². The van der Waals surface area contributed by atoms with Crippen LogP contribution in [0.5, 0.6) is 0 Å². The summed E-state index contributed by atoms with van der Waals surface area (Å²) < 4.78 is 0. The zero-order valence-corrected chi connectivity index (χ0v) is 13.1. The maximum absolute atomic E-state index is 11.0. The van der Waals surface area contributed by atoms with Crippen LogP contribution >= 0.6 is 11.3 Å². The Hall–Kier alpha value is -2.58. The van der Waals surface area contributed by atoms with Crippen LogP contribution < -0.4 is 5.32 Å². The van der Waals surface area contributed by atoms with Crippen molar-refractivity contribution in [2.45, 2.75) is 13.0 Å². The number of hydrogen-bond acceptors (Lipinski definition) is 7. The molecule has 118 valence electrons. The van der Waals surface area contributed by atoms with Crippen molar-refractivity contribution in [1.82, 2.24) is 9.97 Å². The molecular weight excluding hydrogens is 316 g/mol. The second-order valence-corrected chi connectivity index (χ2v) is 5.95. The van der Waals surface area contributed by atoms with Crippen molar-refractivity contribution >= 4 is 33.1 Å². The van der Waals surface area contributed by atoms with Gasteiger partial charge in [-0.25, -0.2) is 9.97 Å². The lowest BCUT2D eigenvalue weighted by Crippen LogP contribution is -2.16. The molecule has 0 fully saturated rings. The first-order valence-corrected chi connectivity index (χ1v) is 7.83. The van der Waals surface area contributed by atoms with Crippen LogP contribution in [0.15, 0.2) is 36.0 Å². The van der Waals surface area contributed by atoms with E-state index in [0.29, 0.717) is 12.4 Å². The molecule has 8 heteroatoms. The number of rotatable bonds is 5. The molecule has 2 N–H and O–H groups in total. The standard InChI is InChI=1S/C15H14N4O3S/c1-9(20)6-16-14-13-12(7-23-15(13)18-8-17-14)10-3-2-4-11(5-10)19(21)22/h2-5,7-9,20H,6H2,1H3,(H,16,17,18). The molecule has 2 heterocycles. The highest BCUT2D eigenvalue weighted by molar-refractivity contribution is 7.17. The van der Waals surface area contributed by atoms with E-state index in [1.165, 1.54) is 29.8 Å². The number of nitro groups is 1. The molecule has 23 heavy (non-hydrogen) atoms. The number of nitrogens with zero attached hydrogens (tertiary/aromatic N) is 3. The number of aliphatic hydroxyl groups is 1. The second kappa shape index (κ2) is 6.27. The van der Waals surface area contributed by atoms with Crippen molar-refractivity contribution in [2.24, 2.45) is 0 Å². The van der Waals surface area contributed by atoms with Crippen LogP contribution in [0.3, 0.4) is 0 Å². The Kier molecular flexibility index (Phi) is 4.18. The van der Waals surface area contributed by atoms with E-state index in [1.807, 2.05) is 11.4 Å². The fourth-order valence-corrected chi connectivity index (χ4v) is 3.17. The smallest absolute Gasteiger partial charge is 0.270 e. The molecule has 0 aliphatic rings. The molecule has 3 rings (SSSR count). The minimum Gasteiger partial charge on any atom is -0.392 e. The number of fused-ring (bicyclic) bond motifs is 1. The number of non-ortho nitro benzene ring substituents is 1. The first-order chi connectivity index (χ1) is 11.1. The quantitative estimate of drug-likeness (QED) is 0.551. The van der Waals surface area contributed by atoms with Crippen LogP contribution in [0.1, 0.15) is 6.92 Å². The van der Waals surface area contributed by atoms with Crippen molar-refractivity contribution in [3.8, 4) is 11.1 Å². The number of nitrogens with one attached hydrogen (secondary N) is 1. The van der Waals surface area contributed by atoms with E-state index in [0.717, 1.165) is 21.3 Å². The first-order valence-electron chi connectivity index (χ1n) is 6.95. The number of anilines is 1. The highest BCUT2D eigenvalue weighted by Gasteiger charge is 2.15. The molecule has 0 saturated carbocycles. The summed E-state index contributed by atoms with van der Waals surface area (Å²) in [5.41, 5.74) is 1.61. The summed E-state index contributed by atoms with van der Waals surface area (Å²) in [6, 6.07) is 6.47. The minimum absolute atomic E-state index is 0.0391. The largest absolute Gasteiger partial charge is 0.392 e. The molecular formula is C15H14N4O3S. The third-order valence-corrected chi connectivity index (χ3v) is 4.19. The van der Waals surface area contributed by atoms with Crippen LogP contribution in [0, 0.1) is 10.1 Å². The third kappa shape index (κ3) is 3.13. The Bertz CT molecular complexity index is 863. The Morgan fingerprint density at radius 2 is 2.26 bits per heavy atom. The van der Waals surface area contributed by atoms with Gasteiger partial charge < -0.3 is 10.4 Å². The van der Waals surface area contributed by atoms with Crippen molar-refractivity contribution in [3.05, 3.63) is 46.1 Å². The van der Waals surface area contributed by atoms with Crippen LogP contribution in [0.25, 0.3) is 21.3 Å². The number of benzene rings is 1. The summed E-state index contributed by atoms with van der Waals surface area (Å²) in [5.74, 6) is 0.610. The molecule has 1 unspecified atom stereocenters. The van der Waals surface area contributed by atoms with Gasteiger partial charge in [0, 0.05) is 29.6 Å². The SMILES string of the molecule is CC(O)CNc1ncnc2scc(-c3cccc([N+](=O)[O-])c3)c12. The summed E-state index contributed by atoms with van der Waals surface area (Å²) in [5, 5.41) is 26.2. The number of nitro benzene ring substituents is 1. The average Bonchev–Trinajstić information content (AvgIpc) is 2.97. The number of hydrogen-bond donors (Lipinski definition) is 2. The van der Waals surface area contributed by atoms with E-state index in [1.54, 1.807) is 13.0 Å². The van der Waals surface area contributed by atoms with Gasteiger partial charge in [-0.2, -0.15) is 0 Å². The predicted molar refractivity (Wildman–Crippen MR) is 89.7 cm³/mol. The molecule has 1 atom stereocenters. The lowest BCUT2D eigenvalue weighted by atomic mass is 10.1. The number of aliphatic hydroxyl groups excluding tert-OH is 1. The second-order valence-electron chi connectivity index (χ2n) is 5.09. The van der Waals surface area contributed by atoms with E-state index in [2.05, 4.69) is 15.3 Å². The maximum Gasteiger partial charge on any atom is 0.270 e. The van der Waals surface area contributed by atoms with Gasteiger partial charge in [0.25, 0.3) is 5.69 Å². The van der Waals surface area contributed by atoms with Gasteiger partial charge in [0.05, 0.1) is 16.4 Å². The Balaban J connectivity index is 2.11. The summed E-state index contributed by atoms with van der Waals surface area (Å²) in [7, 11) is 0. The highest BCUT2D eigenvalue weighted by atomic mass is 32.1. The van der Waals surface area contributed by atoms with Crippen LogP contribution in [0.4, 0.5) is 11.5 Å². The number of thiophene rings is 1. The van der Waals surface area contributed by atoms with Gasteiger partial charge in [-0.05, 0) is 12.5 Å². The highest BCUT2D eigenvalue weighted by Crippen LogP contribution is 2.37. The summed E-state index contributed by atoms with van der Waals surface area (Å²) in [6.07, 6.45) is 0.945.